The normalized spacial score (nSPS) is 35.1. The van der Waals surface area contributed by atoms with Crippen LogP contribution in [0.15, 0.2) is 30.3 Å². The van der Waals surface area contributed by atoms with E-state index in [2.05, 4.69) is 0 Å². The van der Waals surface area contributed by atoms with Gasteiger partial charge in [-0.2, -0.15) is 0 Å². The molecular formula is C17H21FO6. The maximum Gasteiger partial charge on any atom is 0.338 e. The second kappa shape index (κ2) is 6.76. The summed E-state index contributed by atoms with van der Waals surface area (Å²) < 4.78 is 41.3. The highest BCUT2D eigenvalue weighted by Crippen LogP contribution is 2.35. The van der Waals surface area contributed by atoms with Crippen molar-refractivity contribution in [2.45, 2.75) is 50.4 Å². The van der Waals surface area contributed by atoms with E-state index in [4.69, 9.17) is 23.7 Å². The lowest BCUT2D eigenvalue weighted by Gasteiger charge is -2.26. The van der Waals surface area contributed by atoms with Gasteiger partial charge in [-0.15, -0.1) is 0 Å². The Morgan fingerprint density at radius 3 is 2.54 bits per heavy atom. The number of hydrogen-bond acceptors (Lipinski definition) is 6. The van der Waals surface area contributed by atoms with Gasteiger partial charge in [0.2, 0.25) is 6.36 Å². The molecule has 7 heteroatoms. The van der Waals surface area contributed by atoms with Crippen LogP contribution in [-0.2, 0) is 23.7 Å². The molecular weight excluding hydrogens is 319 g/mol. The Kier molecular flexibility index (Phi) is 4.87. The molecule has 24 heavy (non-hydrogen) atoms. The molecule has 0 amide bonds. The minimum atomic E-state index is -1.71. The number of carbonyl (C=O) groups is 1. The number of halogens is 1. The van der Waals surface area contributed by atoms with E-state index in [0.29, 0.717) is 5.56 Å². The van der Waals surface area contributed by atoms with Crippen molar-refractivity contribution >= 4 is 5.97 Å². The second-order valence-corrected chi connectivity index (χ2v) is 6.26. The molecule has 2 aliphatic rings. The van der Waals surface area contributed by atoms with Gasteiger partial charge in [-0.25, -0.2) is 9.18 Å². The number of methoxy groups -OCH3 is 1. The molecule has 0 bridgehead atoms. The minimum Gasteiger partial charge on any atom is -0.453 e. The van der Waals surface area contributed by atoms with E-state index in [9.17, 15) is 9.18 Å². The first-order valence-electron chi connectivity index (χ1n) is 7.81. The standard InChI is InChI=1S/C17H21FO6/c1-17(2)21-9-11(24-17)12-13(14(20-3)15(18)22-12)23-16(19)10-7-5-4-6-8-10/h4-8,11-15H,9H2,1-3H3/t11-,12+,13-,14+,15+/m0/s1. The van der Waals surface area contributed by atoms with E-state index in [-0.39, 0.29) is 6.61 Å². The van der Waals surface area contributed by atoms with E-state index >= 15 is 0 Å². The van der Waals surface area contributed by atoms with Crippen molar-refractivity contribution in [1.82, 2.24) is 0 Å². The Labute approximate surface area is 139 Å². The average molecular weight is 340 g/mol. The number of rotatable bonds is 4. The number of alkyl halides is 1. The van der Waals surface area contributed by atoms with Crippen LogP contribution in [0.5, 0.6) is 0 Å². The number of benzene rings is 1. The molecule has 1 aromatic carbocycles. The van der Waals surface area contributed by atoms with E-state index in [0.717, 1.165) is 0 Å². The fourth-order valence-corrected chi connectivity index (χ4v) is 2.96. The molecule has 1 aromatic rings. The van der Waals surface area contributed by atoms with Crippen LogP contribution in [0, 0.1) is 0 Å². The van der Waals surface area contributed by atoms with Gasteiger partial charge in [0.05, 0.1) is 12.2 Å². The molecule has 0 aliphatic carbocycles. The third-order valence-electron chi connectivity index (χ3n) is 4.11. The van der Waals surface area contributed by atoms with Crippen LogP contribution in [0.25, 0.3) is 0 Å². The highest BCUT2D eigenvalue weighted by molar-refractivity contribution is 5.89. The summed E-state index contributed by atoms with van der Waals surface area (Å²) in [5, 5.41) is 0. The Bertz CT molecular complexity index is 578. The van der Waals surface area contributed by atoms with Gasteiger partial charge in [0.1, 0.15) is 12.2 Å². The maximum absolute atomic E-state index is 14.2. The average Bonchev–Trinajstić information content (AvgIpc) is 3.07. The van der Waals surface area contributed by atoms with Crippen LogP contribution in [-0.4, -0.2) is 56.2 Å². The van der Waals surface area contributed by atoms with Crippen molar-refractivity contribution in [2.75, 3.05) is 13.7 Å². The summed E-state index contributed by atoms with van der Waals surface area (Å²) in [6.45, 7) is 3.74. The zero-order valence-corrected chi connectivity index (χ0v) is 13.8. The summed E-state index contributed by atoms with van der Waals surface area (Å²) >= 11 is 0. The van der Waals surface area contributed by atoms with E-state index in [1.165, 1.54) is 7.11 Å². The Hall–Kier alpha value is -1.54. The molecule has 2 aliphatic heterocycles. The summed E-state index contributed by atoms with van der Waals surface area (Å²) in [6, 6.07) is 8.49. The van der Waals surface area contributed by atoms with Crippen LogP contribution >= 0.6 is 0 Å². The number of ether oxygens (including phenoxy) is 5. The molecule has 0 spiro atoms. The largest absolute Gasteiger partial charge is 0.453 e. The van der Waals surface area contributed by atoms with Crippen molar-refractivity contribution in [3.8, 4) is 0 Å². The molecule has 2 saturated heterocycles. The van der Waals surface area contributed by atoms with Crippen LogP contribution in [0.3, 0.4) is 0 Å². The van der Waals surface area contributed by atoms with E-state index in [1.54, 1.807) is 44.2 Å². The van der Waals surface area contributed by atoms with Gasteiger partial charge >= 0.3 is 5.97 Å². The zero-order valence-electron chi connectivity index (χ0n) is 13.8. The molecule has 0 aromatic heterocycles. The molecule has 6 nitrogen and oxygen atoms in total. The predicted octanol–water partition coefficient (Wildman–Crippen LogP) is 2.07. The molecule has 2 fully saturated rings. The smallest absolute Gasteiger partial charge is 0.338 e. The number of carbonyl (C=O) groups excluding carboxylic acids is 1. The zero-order chi connectivity index (χ0) is 17.3. The second-order valence-electron chi connectivity index (χ2n) is 6.26. The van der Waals surface area contributed by atoms with Crippen LogP contribution < -0.4 is 0 Å². The highest BCUT2D eigenvalue weighted by Gasteiger charge is 2.54. The predicted molar refractivity (Wildman–Crippen MR) is 81.1 cm³/mol. The van der Waals surface area contributed by atoms with Gasteiger partial charge < -0.3 is 23.7 Å². The summed E-state index contributed by atoms with van der Waals surface area (Å²) in [6.07, 6.45) is -5.01. The van der Waals surface area contributed by atoms with Gasteiger partial charge in [0, 0.05) is 7.11 Å². The van der Waals surface area contributed by atoms with Crippen LogP contribution in [0.4, 0.5) is 4.39 Å². The molecule has 0 N–H and O–H groups in total. The third-order valence-corrected chi connectivity index (χ3v) is 4.11. The third kappa shape index (κ3) is 3.44. The van der Waals surface area contributed by atoms with Gasteiger partial charge in [-0.3, -0.25) is 0 Å². The first kappa shape index (κ1) is 17.3. The number of hydrogen-bond donors (Lipinski definition) is 0. The summed E-state index contributed by atoms with van der Waals surface area (Å²) in [5.41, 5.74) is 0.373. The Morgan fingerprint density at radius 1 is 1.25 bits per heavy atom. The first-order valence-corrected chi connectivity index (χ1v) is 7.81. The van der Waals surface area contributed by atoms with Crippen molar-refractivity contribution in [1.29, 1.82) is 0 Å². The highest BCUT2D eigenvalue weighted by atomic mass is 19.1. The molecule has 132 valence electrons. The van der Waals surface area contributed by atoms with Gasteiger partial charge in [-0.05, 0) is 26.0 Å². The van der Waals surface area contributed by atoms with Gasteiger partial charge in [0.15, 0.2) is 18.0 Å². The molecule has 0 radical (unpaired) electrons. The Morgan fingerprint density at radius 2 is 1.96 bits per heavy atom. The van der Waals surface area contributed by atoms with Crippen molar-refractivity contribution < 1.29 is 32.9 Å². The van der Waals surface area contributed by atoms with Crippen molar-refractivity contribution in [3.05, 3.63) is 35.9 Å². The summed E-state index contributed by atoms with van der Waals surface area (Å²) in [7, 11) is 1.35. The quantitative estimate of drug-likeness (QED) is 0.782. The lowest BCUT2D eigenvalue weighted by molar-refractivity contribution is -0.167. The fraction of sp³-hybridized carbons (Fsp3) is 0.588. The SMILES string of the molecule is CO[C@@H]1[C@@H](OC(=O)c2ccccc2)[C@@H]([C@@H]2COC(C)(C)O2)O[C@H]1F. The van der Waals surface area contributed by atoms with Crippen molar-refractivity contribution in [3.63, 3.8) is 0 Å². The van der Waals surface area contributed by atoms with Gasteiger partial charge in [0.25, 0.3) is 0 Å². The monoisotopic (exact) mass is 340 g/mol. The maximum atomic E-state index is 14.2. The molecule has 3 rings (SSSR count). The van der Waals surface area contributed by atoms with Crippen LogP contribution in [0.2, 0.25) is 0 Å². The number of esters is 1. The first-order chi connectivity index (χ1) is 11.4. The van der Waals surface area contributed by atoms with Crippen molar-refractivity contribution in [2.24, 2.45) is 0 Å². The minimum absolute atomic E-state index is 0.222. The Balaban J connectivity index is 1.77. The molecule has 5 atom stereocenters. The lowest BCUT2D eigenvalue weighted by Crippen LogP contribution is -2.44. The molecule has 0 unspecified atom stereocenters. The summed E-state index contributed by atoms with van der Waals surface area (Å²) in [4.78, 5) is 12.3. The summed E-state index contributed by atoms with van der Waals surface area (Å²) in [5.74, 6) is -1.36. The van der Waals surface area contributed by atoms with E-state index < -0.39 is 42.5 Å². The van der Waals surface area contributed by atoms with Crippen LogP contribution in [0.1, 0.15) is 24.2 Å². The molecule has 0 saturated carbocycles. The topological polar surface area (TPSA) is 63.2 Å². The molecule has 2 heterocycles. The lowest BCUT2D eigenvalue weighted by atomic mass is 10.1. The fourth-order valence-electron chi connectivity index (χ4n) is 2.96. The van der Waals surface area contributed by atoms with Gasteiger partial charge in [-0.1, -0.05) is 18.2 Å². The van der Waals surface area contributed by atoms with E-state index in [1.807, 2.05) is 0 Å².